The summed E-state index contributed by atoms with van der Waals surface area (Å²) in [7, 11) is 3.93. The molecule has 4 heteroatoms. The van der Waals surface area contributed by atoms with Crippen molar-refractivity contribution >= 4 is 10.8 Å². The average molecular weight is 321 g/mol. The summed E-state index contributed by atoms with van der Waals surface area (Å²) in [6.45, 7) is 4.24. The maximum absolute atomic E-state index is 12.3. The van der Waals surface area contributed by atoms with Crippen LogP contribution in [0.1, 0.15) is 18.9 Å². The van der Waals surface area contributed by atoms with Crippen molar-refractivity contribution in [1.29, 1.82) is 0 Å². The van der Waals surface area contributed by atoms with Crippen LogP contribution in [0, 0.1) is 0 Å². The molecule has 24 heavy (non-hydrogen) atoms. The van der Waals surface area contributed by atoms with Crippen LogP contribution in [-0.2, 0) is 13.6 Å². The molecule has 0 fully saturated rings. The Balaban J connectivity index is 1.99. The van der Waals surface area contributed by atoms with E-state index in [9.17, 15) is 4.79 Å². The van der Waals surface area contributed by atoms with E-state index in [2.05, 4.69) is 48.1 Å². The first-order chi connectivity index (χ1) is 11.6. The number of benzene rings is 1. The molecule has 1 aromatic carbocycles. The van der Waals surface area contributed by atoms with Gasteiger partial charge in [-0.15, -0.1) is 0 Å². The minimum Gasteiger partial charge on any atom is -0.317 e. The predicted octanol–water partition coefficient (Wildman–Crippen LogP) is 3.44. The Morgan fingerprint density at radius 2 is 1.88 bits per heavy atom. The summed E-state index contributed by atoms with van der Waals surface area (Å²) in [4.78, 5) is 18.7. The Morgan fingerprint density at radius 3 is 2.58 bits per heavy atom. The molecule has 0 aliphatic heterocycles. The molecule has 0 amide bonds. The Hall–Kier alpha value is -2.46. The lowest BCUT2D eigenvalue weighted by atomic mass is 10.0. The molecule has 0 unspecified atom stereocenters. The third kappa shape index (κ3) is 3.24. The number of hydrogen-bond donors (Lipinski definition) is 0. The Kier molecular flexibility index (Phi) is 4.76. The van der Waals surface area contributed by atoms with Gasteiger partial charge in [-0.1, -0.05) is 31.2 Å². The normalized spacial score (nSPS) is 11.3. The van der Waals surface area contributed by atoms with Crippen LogP contribution in [0.5, 0.6) is 0 Å². The van der Waals surface area contributed by atoms with Gasteiger partial charge in [0.15, 0.2) is 0 Å². The van der Waals surface area contributed by atoms with Gasteiger partial charge < -0.3 is 9.47 Å². The number of nitrogens with zero attached hydrogens (tertiary/aromatic N) is 3. The van der Waals surface area contributed by atoms with Gasteiger partial charge >= 0.3 is 0 Å². The molecule has 0 spiro atoms. The lowest BCUT2D eigenvalue weighted by Crippen LogP contribution is -2.18. The molecule has 3 aromatic rings. The zero-order chi connectivity index (χ0) is 17.1. The van der Waals surface area contributed by atoms with Crippen molar-refractivity contribution in [2.75, 3.05) is 13.6 Å². The van der Waals surface area contributed by atoms with E-state index < -0.39 is 0 Å². The number of fused-ring (bicyclic) bond motifs is 1. The van der Waals surface area contributed by atoms with Gasteiger partial charge in [-0.25, -0.2) is 0 Å². The van der Waals surface area contributed by atoms with Crippen molar-refractivity contribution in [3.05, 3.63) is 64.8 Å². The molecular formula is C20H23N3O. The molecule has 4 nitrogen and oxygen atoms in total. The van der Waals surface area contributed by atoms with Crippen LogP contribution in [-0.4, -0.2) is 28.0 Å². The molecule has 0 saturated heterocycles. The highest BCUT2D eigenvalue weighted by molar-refractivity contribution is 5.95. The van der Waals surface area contributed by atoms with Crippen molar-refractivity contribution in [2.24, 2.45) is 7.05 Å². The molecule has 124 valence electrons. The molecular weight excluding hydrogens is 298 g/mol. The maximum Gasteiger partial charge on any atom is 0.259 e. The van der Waals surface area contributed by atoms with Gasteiger partial charge in [0.25, 0.3) is 5.56 Å². The van der Waals surface area contributed by atoms with Gasteiger partial charge in [0.2, 0.25) is 0 Å². The van der Waals surface area contributed by atoms with Gasteiger partial charge in [-0.05, 0) is 42.6 Å². The molecule has 3 rings (SSSR count). The van der Waals surface area contributed by atoms with Gasteiger partial charge in [-0.2, -0.15) is 0 Å². The SMILES string of the molecule is CCCN(C)Cc1ccc(-c2cn(C)c(=O)c3cnccc23)cc1. The maximum atomic E-state index is 12.3. The first-order valence-corrected chi connectivity index (χ1v) is 8.31. The highest BCUT2D eigenvalue weighted by atomic mass is 16.1. The van der Waals surface area contributed by atoms with Crippen LogP contribution in [0.15, 0.2) is 53.7 Å². The minimum absolute atomic E-state index is 0.0142. The summed E-state index contributed by atoms with van der Waals surface area (Å²) < 4.78 is 1.63. The second-order valence-corrected chi connectivity index (χ2v) is 6.31. The average Bonchev–Trinajstić information content (AvgIpc) is 2.59. The number of pyridine rings is 2. The van der Waals surface area contributed by atoms with E-state index >= 15 is 0 Å². The third-order valence-electron chi connectivity index (χ3n) is 4.31. The summed E-state index contributed by atoms with van der Waals surface area (Å²) in [5, 5.41) is 1.60. The van der Waals surface area contributed by atoms with Crippen LogP contribution >= 0.6 is 0 Å². The van der Waals surface area contributed by atoms with Gasteiger partial charge in [0, 0.05) is 37.7 Å². The van der Waals surface area contributed by atoms with Crippen LogP contribution in [0.4, 0.5) is 0 Å². The first kappa shape index (κ1) is 16.4. The van der Waals surface area contributed by atoms with Crippen molar-refractivity contribution in [3.8, 4) is 11.1 Å². The minimum atomic E-state index is -0.0142. The van der Waals surface area contributed by atoms with Crippen molar-refractivity contribution in [2.45, 2.75) is 19.9 Å². The number of hydrogen-bond acceptors (Lipinski definition) is 3. The molecule has 0 aliphatic rings. The Morgan fingerprint density at radius 1 is 1.12 bits per heavy atom. The molecule has 0 atom stereocenters. The quantitative estimate of drug-likeness (QED) is 0.722. The molecule has 0 radical (unpaired) electrons. The van der Waals surface area contributed by atoms with Crippen LogP contribution < -0.4 is 5.56 Å². The van der Waals surface area contributed by atoms with Crippen molar-refractivity contribution in [3.63, 3.8) is 0 Å². The summed E-state index contributed by atoms with van der Waals surface area (Å²) in [5.74, 6) is 0. The Bertz CT molecular complexity index is 897. The van der Waals surface area contributed by atoms with E-state index in [0.29, 0.717) is 5.39 Å². The number of rotatable bonds is 5. The van der Waals surface area contributed by atoms with Gasteiger partial charge in [0.05, 0.1) is 5.39 Å². The van der Waals surface area contributed by atoms with Crippen molar-refractivity contribution in [1.82, 2.24) is 14.5 Å². The second-order valence-electron chi connectivity index (χ2n) is 6.31. The fourth-order valence-corrected chi connectivity index (χ4v) is 3.10. The zero-order valence-corrected chi connectivity index (χ0v) is 14.5. The van der Waals surface area contributed by atoms with Gasteiger partial charge in [-0.3, -0.25) is 9.78 Å². The van der Waals surface area contributed by atoms with E-state index in [1.807, 2.05) is 12.3 Å². The highest BCUT2D eigenvalue weighted by Gasteiger charge is 2.09. The monoisotopic (exact) mass is 321 g/mol. The fraction of sp³-hybridized carbons (Fsp3) is 0.300. The van der Waals surface area contributed by atoms with Crippen LogP contribution in [0.3, 0.4) is 0 Å². The zero-order valence-electron chi connectivity index (χ0n) is 14.5. The topological polar surface area (TPSA) is 38.1 Å². The predicted molar refractivity (Wildman–Crippen MR) is 99.0 cm³/mol. The van der Waals surface area contributed by atoms with Crippen LogP contribution in [0.25, 0.3) is 21.9 Å². The van der Waals surface area contributed by atoms with Crippen LogP contribution in [0.2, 0.25) is 0 Å². The summed E-state index contributed by atoms with van der Waals surface area (Å²) in [5.41, 5.74) is 3.46. The lowest BCUT2D eigenvalue weighted by molar-refractivity contribution is 0.327. The number of aryl methyl sites for hydroxylation is 1. The number of aromatic nitrogens is 2. The smallest absolute Gasteiger partial charge is 0.259 e. The molecule has 2 heterocycles. The van der Waals surface area contributed by atoms with Crippen molar-refractivity contribution < 1.29 is 0 Å². The molecule has 0 aliphatic carbocycles. The summed E-state index contributed by atoms with van der Waals surface area (Å²) in [6.07, 6.45) is 6.45. The first-order valence-electron chi connectivity index (χ1n) is 8.31. The third-order valence-corrected chi connectivity index (χ3v) is 4.31. The second kappa shape index (κ2) is 6.97. The standard InChI is InChI=1S/C20H23N3O/c1-4-11-22(2)13-15-5-7-16(8-6-15)19-14-23(3)20(24)18-12-21-10-9-17(18)19/h5-10,12,14H,4,11,13H2,1-3H3. The van der Waals surface area contributed by atoms with E-state index in [1.165, 1.54) is 5.56 Å². The lowest BCUT2D eigenvalue weighted by Gasteiger charge is -2.16. The molecule has 2 aromatic heterocycles. The Labute approximate surface area is 142 Å². The largest absolute Gasteiger partial charge is 0.317 e. The van der Waals surface area contributed by atoms with Gasteiger partial charge in [0.1, 0.15) is 0 Å². The van der Waals surface area contributed by atoms with E-state index in [4.69, 9.17) is 0 Å². The highest BCUT2D eigenvalue weighted by Crippen LogP contribution is 2.26. The fourth-order valence-electron chi connectivity index (χ4n) is 3.10. The van der Waals surface area contributed by atoms with E-state index in [1.54, 1.807) is 24.0 Å². The molecule has 0 saturated carbocycles. The van der Waals surface area contributed by atoms with E-state index in [0.717, 1.165) is 36.0 Å². The molecule has 0 N–H and O–H groups in total. The summed E-state index contributed by atoms with van der Waals surface area (Å²) in [6, 6.07) is 10.5. The molecule has 0 bridgehead atoms. The van der Waals surface area contributed by atoms with E-state index in [-0.39, 0.29) is 5.56 Å². The summed E-state index contributed by atoms with van der Waals surface area (Å²) >= 11 is 0.